The van der Waals surface area contributed by atoms with E-state index in [9.17, 15) is 4.79 Å². The number of hydrogen-bond acceptors (Lipinski definition) is 6. The summed E-state index contributed by atoms with van der Waals surface area (Å²) < 4.78 is 0. The fraction of sp³-hybridized carbons (Fsp3) is 0.467. The van der Waals surface area contributed by atoms with Gasteiger partial charge in [-0.3, -0.25) is 9.78 Å². The molecule has 22 heavy (non-hydrogen) atoms. The lowest BCUT2D eigenvalue weighted by Gasteiger charge is -2.32. The predicted octanol–water partition coefficient (Wildman–Crippen LogP) is 1.77. The highest BCUT2D eigenvalue weighted by Crippen LogP contribution is 2.21. The summed E-state index contributed by atoms with van der Waals surface area (Å²) in [5.41, 5.74) is 1.00. The molecule has 0 radical (unpaired) electrons. The van der Waals surface area contributed by atoms with Gasteiger partial charge >= 0.3 is 0 Å². The first-order valence-corrected chi connectivity index (χ1v) is 8.30. The van der Waals surface area contributed by atoms with Gasteiger partial charge < -0.3 is 10.2 Å². The van der Waals surface area contributed by atoms with Crippen LogP contribution in [0.1, 0.15) is 23.5 Å². The van der Waals surface area contributed by atoms with Gasteiger partial charge in [-0.05, 0) is 19.8 Å². The maximum Gasteiger partial charge on any atom is 0.225 e. The molecule has 3 heterocycles. The van der Waals surface area contributed by atoms with Gasteiger partial charge in [0.15, 0.2) is 0 Å². The monoisotopic (exact) mass is 317 g/mol. The number of aryl methyl sites for hydroxylation is 1. The third-order valence-electron chi connectivity index (χ3n) is 3.75. The number of nitrogens with zero attached hydrogens (tertiary/aromatic N) is 4. The molecule has 0 unspecified atom stereocenters. The lowest BCUT2D eigenvalue weighted by atomic mass is 9.97. The van der Waals surface area contributed by atoms with Gasteiger partial charge in [-0.25, -0.2) is 9.97 Å². The van der Waals surface area contributed by atoms with E-state index in [0.29, 0.717) is 13.1 Å². The Balaban J connectivity index is 1.56. The SMILES string of the molecule is Cc1csc(CNC(=O)[C@@H]2CCCN(c3cnccn3)C2)n1. The van der Waals surface area contributed by atoms with E-state index in [1.807, 2.05) is 12.3 Å². The van der Waals surface area contributed by atoms with Crippen molar-refractivity contribution in [3.05, 3.63) is 34.7 Å². The van der Waals surface area contributed by atoms with Crippen molar-refractivity contribution in [1.82, 2.24) is 20.3 Å². The molecule has 1 fully saturated rings. The third kappa shape index (κ3) is 3.59. The Morgan fingerprint density at radius 1 is 1.50 bits per heavy atom. The highest BCUT2D eigenvalue weighted by Gasteiger charge is 2.26. The van der Waals surface area contributed by atoms with Crippen molar-refractivity contribution in [1.29, 1.82) is 0 Å². The lowest BCUT2D eigenvalue weighted by Crippen LogP contribution is -2.43. The van der Waals surface area contributed by atoms with Crippen molar-refractivity contribution >= 4 is 23.1 Å². The predicted molar refractivity (Wildman–Crippen MR) is 85.7 cm³/mol. The van der Waals surface area contributed by atoms with E-state index in [0.717, 1.165) is 35.9 Å². The molecule has 0 bridgehead atoms. The van der Waals surface area contributed by atoms with E-state index in [1.165, 1.54) is 0 Å². The Kier molecular flexibility index (Phi) is 4.62. The number of carbonyl (C=O) groups is 1. The first-order valence-electron chi connectivity index (χ1n) is 7.42. The minimum Gasteiger partial charge on any atom is -0.355 e. The zero-order valence-corrected chi connectivity index (χ0v) is 13.3. The molecule has 3 rings (SSSR count). The molecule has 1 amide bonds. The van der Waals surface area contributed by atoms with Crippen LogP contribution in [0, 0.1) is 12.8 Å². The number of amides is 1. The van der Waals surface area contributed by atoms with E-state index < -0.39 is 0 Å². The molecule has 7 heteroatoms. The number of piperidine rings is 1. The topological polar surface area (TPSA) is 71.0 Å². The number of thiazole rings is 1. The fourth-order valence-electron chi connectivity index (χ4n) is 2.64. The maximum atomic E-state index is 12.4. The Morgan fingerprint density at radius 2 is 2.41 bits per heavy atom. The second-order valence-corrected chi connectivity index (χ2v) is 6.39. The van der Waals surface area contributed by atoms with Crippen molar-refractivity contribution in [2.75, 3.05) is 18.0 Å². The Morgan fingerprint density at radius 3 is 3.14 bits per heavy atom. The van der Waals surface area contributed by atoms with Crippen LogP contribution in [0.3, 0.4) is 0 Å². The summed E-state index contributed by atoms with van der Waals surface area (Å²) in [6.45, 7) is 4.09. The summed E-state index contributed by atoms with van der Waals surface area (Å²) in [4.78, 5) is 27.3. The number of aromatic nitrogens is 3. The third-order valence-corrected chi connectivity index (χ3v) is 4.71. The first kappa shape index (κ1) is 14.9. The van der Waals surface area contributed by atoms with Gasteiger partial charge in [-0.15, -0.1) is 11.3 Å². The average molecular weight is 317 g/mol. The van der Waals surface area contributed by atoms with Crippen molar-refractivity contribution in [3.63, 3.8) is 0 Å². The molecule has 6 nitrogen and oxygen atoms in total. The van der Waals surface area contributed by atoms with E-state index in [4.69, 9.17) is 0 Å². The molecule has 116 valence electrons. The minimum atomic E-state index is -0.00295. The molecule has 2 aromatic heterocycles. The summed E-state index contributed by atoms with van der Waals surface area (Å²) >= 11 is 1.58. The summed E-state index contributed by atoms with van der Waals surface area (Å²) in [7, 11) is 0. The Bertz CT molecular complexity index is 630. The highest BCUT2D eigenvalue weighted by molar-refractivity contribution is 7.09. The van der Waals surface area contributed by atoms with Crippen LogP contribution in [0.25, 0.3) is 0 Å². The van der Waals surface area contributed by atoms with Crippen LogP contribution in [0.2, 0.25) is 0 Å². The van der Waals surface area contributed by atoms with Gasteiger partial charge in [-0.1, -0.05) is 0 Å². The van der Waals surface area contributed by atoms with Gasteiger partial charge in [0.25, 0.3) is 0 Å². The second-order valence-electron chi connectivity index (χ2n) is 5.45. The minimum absolute atomic E-state index is 0.00295. The van der Waals surface area contributed by atoms with Crippen molar-refractivity contribution in [2.24, 2.45) is 5.92 Å². The fourth-order valence-corrected chi connectivity index (χ4v) is 3.36. The van der Waals surface area contributed by atoms with Crippen LogP contribution < -0.4 is 10.2 Å². The second kappa shape index (κ2) is 6.83. The van der Waals surface area contributed by atoms with E-state index in [1.54, 1.807) is 29.9 Å². The highest BCUT2D eigenvalue weighted by atomic mass is 32.1. The van der Waals surface area contributed by atoms with Gasteiger partial charge in [0, 0.05) is 36.6 Å². The van der Waals surface area contributed by atoms with E-state index in [2.05, 4.69) is 25.2 Å². The summed E-state index contributed by atoms with van der Waals surface area (Å²) in [6, 6.07) is 0. The number of hydrogen-bond donors (Lipinski definition) is 1. The smallest absolute Gasteiger partial charge is 0.225 e. The number of rotatable bonds is 4. The molecule has 0 aliphatic carbocycles. The van der Waals surface area contributed by atoms with E-state index in [-0.39, 0.29) is 11.8 Å². The van der Waals surface area contributed by atoms with Crippen LogP contribution in [0.4, 0.5) is 5.82 Å². The van der Waals surface area contributed by atoms with Crippen molar-refractivity contribution in [3.8, 4) is 0 Å². The Labute approximate surface area is 133 Å². The molecule has 1 N–H and O–H groups in total. The standard InChI is InChI=1S/C15H19N5OS/c1-11-10-22-14(19-11)8-18-15(21)12-3-2-6-20(9-12)13-7-16-4-5-17-13/h4-5,7,10,12H,2-3,6,8-9H2,1H3,(H,18,21)/t12-/m1/s1. The van der Waals surface area contributed by atoms with Crippen LogP contribution in [-0.4, -0.2) is 33.9 Å². The molecule has 0 saturated carbocycles. The quantitative estimate of drug-likeness (QED) is 0.930. The number of nitrogens with one attached hydrogen (secondary N) is 1. The van der Waals surface area contributed by atoms with Gasteiger partial charge in [0.2, 0.25) is 5.91 Å². The molecule has 1 aliphatic heterocycles. The van der Waals surface area contributed by atoms with Crippen LogP contribution in [-0.2, 0) is 11.3 Å². The summed E-state index contributed by atoms with van der Waals surface area (Å²) in [5, 5.41) is 5.95. The molecular formula is C15H19N5OS. The zero-order chi connectivity index (χ0) is 15.4. The summed E-state index contributed by atoms with van der Waals surface area (Å²) in [5.74, 6) is 0.939. The van der Waals surface area contributed by atoms with Gasteiger partial charge in [-0.2, -0.15) is 0 Å². The molecule has 0 aromatic carbocycles. The lowest BCUT2D eigenvalue weighted by molar-refractivity contribution is -0.125. The van der Waals surface area contributed by atoms with Crippen molar-refractivity contribution < 1.29 is 4.79 Å². The molecule has 1 saturated heterocycles. The molecule has 1 aliphatic rings. The van der Waals surface area contributed by atoms with Gasteiger partial charge in [0.1, 0.15) is 10.8 Å². The normalized spacial score (nSPS) is 18.2. The van der Waals surface area contributed by atoms with Crippen LogP contribution in [0.15, 0.2) is 24.0 Å². The Hall–Kier alpha value is -2.02. The molecular weight excluding hydrogens is 298 g/mol. The van der Waals surface area contributed by atoms with E-state index >= 15 is 0 Å². The zero-order valence-electron chi connectivity index (χ0n) is 12.5. The largest absolute Gasteiger partial charge is 0.355 e. The van der Waals surface area contributed by atoms with Crippen molar-refractivity contribution in [2.45, 2.75) is 26.3 Å². The maximum absolute atomic E-state index is 12.4. The van der Waals surface area contributed by atoms with Crippen LogP contribution in [0.5, 0.6) is 0 Å². The van der Waals surface area contributed by atoms with Gasteiger partial charge in [0.05, 0.1) is 18.7 Å². The number of carbonyl (C=O) groups excluding carboxylic acids is 1. The first-order chi connectivity index (χ1) is 10.7. The molecule has 1 atom stereocenters. The molecule has 2 aromatic rings. The average Bonchev–Trinajstić information content (AvgIpc) is 2.99. The summed E-state index contributed by atoms with van der Waals surface area (Å²) in [6.07, 6.45) is 7.00. The number of anilines is 1. The molecule has 0 spiro atoms. The van der Waals surface area contributed by atoms with Crippen LogP contribution >= 0.6 is 11.3 Å².